The molecule has 0 radical (unpaired) electrons. The SMILES string of the molecule is Cc1ccc(C)c(CC(=S)N2CCOCC2)c1. The van der Waals surface area contributed by atoms with E-state index in [0.29, 0.717) is 0 Å². The molecule has 92 valence electrons. The van der Waals surface area contributed by atoms with E-state index in [1.807, 2.05) is 0 Å². The van der Waals surface area contributed by atoms with Crippen LogP contribution in [0, 0.1) is 13.8 Å². The second kappa shape index (κ2) is 5.61. The van der Waals surface area contributed by atoms with E-state index in [1.54, 1.807) is 0 Å². The normalized spacial score (nSPS) is 16.0. The molecular formula is C14H19NOS. The summed E-state index contributed by atoms with van der Waals surface area (Å²) in [5.74, 6) is 0. The lowest BCUT2D eigenvalue weighted by Gasteiger charge is -2.29. The predicted octanol–water partition coefficient (Wildman–Crippen LogP) is 2.51. The lowest BCUT2D eigenvalue weighted by Crippen LogP contribution is -2.40. The fourth-order valence-corrected chi connectivity index (χ4v) is 2.42. The first-order chi connectivity index (χ1) is 8.16. The van der Waals surface area contributed by atoms with Crippen LogP contribution in [0.1, 0.15) is 16.7 Å². The van der Waals surface area contributed by atoms with E-state index >= 15 is 0 Å². The molecule has 0 aromatic heterocycles. The van der Waals surface area contributed by atoms with Crippen LogP contribution in [0.25, 0.3) is 0 Å². The van der Waals surface area contributed by atoms with Gasteiger partial charge in [-0.05, 0) is 25.0 Å². The van der Waals surface area contributed by atoms with Gasteiger partial charge in [-0.25, -0.2) is 0 Å². The minimum atomic E-state index is 0.799. The summed E-state index contributed by atoms with van der Waals surface area (Å²) in [6, 6.07) is 6.56. The smallest absolute Gasteiger partial charge is 0.0825 e. The number of nitrogens with zero attached hydrogens (tertiary/aromatic N) is 1. The predicted molar refractivity (Wildman–Crippen MR) is 74.6 cm³/mol. The Bertz CT molecular complexity index is 411. The Morgan fingerprint density at radius 2 is 2.00 bits per heavy atom. The van der Waals surface area contributed by atoms with Crippen molar-refractivity contribution in [3.8, 4) is 0 Å². The second-order valence-corrected chi connectivity index (χ2v) is 5.07. The highest BCUT2D eigenvalue weighted by Crippen LogP contribution is 2.13. The Morgan fingerprint density at radius 1 is 1.29 bits per heavy atom. The topological polar surface area (TPSA) is 12.5 Å². The van der Waals surface area contributed by atoms with E-state index in [4.69, 9.17) is 17.0 Å². The standard InChI is InChI=1S/C14H19NOS/c1-11-3-4-12(2)13(9-11)10-14(17)15-5-7-16-8-6-15/h3-4,9H,5-8,10H2,1-2H3. The number of morpholine rings is 1. The molecule has 0 aliphatic carbocycles. The van der Waals surface area contributed by atoms with Crippen molar-refractivity contribution in [2.24, 2.45) is 0 Å². The molecule has 0 amide bonds. The van der Waals surface area contributed by atoms with Crippen molar-refractivity contribution in [3.63, 3.8) is 0 Å². The molecule has 2 rings (SSSR count). The summed E-state index contributed by atoms with van der Waals surface area (Å²) >= 11 is 5.53. The maximum Gasteiger partial charge on any atom is 0.0825 e. The van der Waals surface area contributed by atoms with Gasteiger partial charge >= 0.3 is 0 Å². The molecule has 0 atom stereocenters. The molecule has 1 fully saturated rings. The lowest BCUT2D eigenvalue weighted by molar-refractivity contribution is 0.0684. The van der Waals surface area contributed by atoms with E-state index < -0.39 is 0 Å². The molecule has 0 spiro atoms. The molecule has 1 saturated heterocycles. The molecule has 1 heterocycles. The zero-order chi connectivity index (χ0) is 12.3. The van der Waals surface area contributed by atoms with Gasteiger partial charge in [0.15, 0.2) is 0 Å². The third-order valence-corrected chi connectivity index (χ3v) is 3.61. The lowest BCUT2D eigenvalue weighted by atomic mass is 10.0. The number of rotatable bonds is 2. The molecule has 17 heavy (non-hydrogen) atoms. The first-order valence-electron chi connectivity index (χ1n) is 6.08. The van der Waals surface area contributed by atoms with Crippen molar-refractivity contribution in [2.45, 2.75) is 20.3 Å². The minimum Gasteiger partial charge on any atom is -0.378 e. The monoisotopic (exact) mass is 249 g/mol. The maximum absolute atomic E-state index is 5.53. The molecule has 2 nitrogen and oxygen atoms in total. The quantitative estimate of drug-likeness (QED) is 0.747. The molecule has 1 aromatic carbocycles. The highest BCUT2D eigenvalue weighted by atomic mass is 32.1. The highest BCUT2D eigenvalue weighted by molar-refractivity contribution is 7.80. The number of aryl methyl sites for hydroxylation is 2. The molecule has 0 bridgehead atoms. The largest absolute Gasteiger partial charge is 0.378 e. The van der Waals surface area contributed by atoms with E-state index in [2.05, 4.69) is 36.9 Å². The van der Waals surface area contributed by atoms with Gasteiger partial charge in [0, 0.05) is 19.5 Å². The molecule has 0 unspecified atom stereocenters. The van der Waals surface area contributed by atoms with Crippen LogP contribution in [0.4, 0.5) is 0 Å². The minimum absolute atomic E-state index is 0.799. The molecule has 0 N–H and O–H groups in total. The molecule has 1 aromatic rings. The van der Waals surface area contributed by atoms with Gasteiger partial charge in [-0.3, -0.25) is 0 Å². The third-order valence-electron chi connectivity index (χ3n) is 3.21. The average Bonchev–Trinajstić information content (AvgIpc) is 2.35. The number of hydrogen-bond acceptors (Lipinski definition) is 2. The molecule has 0 saturated carbocycles. The van der Waals surface area contributed by atoms with E-state index in [9.17, 15) is 0 Å². The van der Waals surface area contributed by atoms with Gasteiger partial charge in [-0.2, -0.15) is 0 Å². The van der Waals surface area contributed by atoms with Gasteiger partial charge in [-0.15, -0.1) is 0 Å². The Balaban J connectivity index is 2.04. The Morgan fingerprint density at radius 3 is 2.71 bits per heavy atom. The summed E-state index contributed by atoms with van der Waals surface area (Å²) in [5, 5.41) is 0. The van der Waals surface area contributed by atoms with Crippen LogP contribution in [-0.4, -0.2) is 36.2 Å². The summed E-state index contributed by atoms with van der Waals surface area (Å²) in [6.45, 7) is 7.74. The van der Waals surface area contributed by atoms with Crippen LogP contribution in [0.5, 0.6) is 0 Å². The average molecular weight is 249 g/mol. The number of ether oxygens (including phenoxy) is 1. The van der Waals surface area contributed by atoms with Crippen LogP contribution in [0.2, 0.25) is 0 Å². The fraction of sp³-hybridized carbons (Fsp3) is 0.500. The van der Waals surface area contributed by atoms with Crippen molar-refractivity contribution in [1.82, 2.24) is 4.90 Å². The van der Waals surface area contributed by atoms with E-state index in [1.165, 1.54) is 16.7 Å². The molecule has 1 aliphatic rings. The highest BCUT2D eigenvalue weighted by Gasteiger charge is 2.14. The maximum atomic E-state index is 5.53. The molecule has 1 aliphatic heterocycles. The fourth-order valence-electron chi connectivity index (χ4n) is 2.08. The molecule has 3 heteroatoms. The summed E-state index contributed by atoms with van der Waals surface area (Å²) in [6.07, 6.45) is 0.878. The van der Waals surface area contributed by atoms with Gasteiger partial charge in [0.25, 0.3) is 0 Å². The van der Waals surface area contributed by atoms with Gasteiger partial charge in [0.2, 0.25) is 0 Å². The van der Waals surface area contributed by atoms with Crippen molar-refractivity contribution in [2.75, 3.05) is 26.3 Å². The summed E-state index contributed by atoms with van der Waals surface area (Å²) < 4.78 is 5.34. The van der Waals surface area contributed by atoms with Crippen LogP contribution in [0.15, 0.2) is 18.2 Å². The Labute approximate surface area is 109 Å². The first kappa shape index (κ1) is 12.5. The van der Waals surface area contributed by atoms with Crippen LogP contribution < -0.4 is 0 Å². The zero-order valence-electron chi connectivity index (χ0n) is 10.5. The van der Waals surface area contributed by atoms with Crippen molar-refractivity contribution in [1.29, 1.82) is 0 Å². The first-order valence-corrected chi connectivity index (χ1v) is 6.49. The van der Waals surface area contributed by atoms with Crippen LogP contribution in [0.3, 0.4) is 0 Å². The van der Waals surface area contributed by atoms with Crippen molar-refractivity contribution < 1.29 is 4.74 Å². The van der Waals surface area contributed by atoms with Gasteiger partial charge < -0.3 is 9.64 Å². The van der Waals surface area contributed by atoms with Gasteiger partial charge in [0.05, 0.1) is 18.2 Å². The summed E-state index contributed by atoms with van der Waals surface area (Å²) in [5.41, 5.74) is 3.98. The van der Waals surface area contributed by atoms with Crippen LogP contribution >= 0.6 is 12.2 Å². The third kappa shape index (κ3) is 3.27. The number of hydrogen-bond donors (Lipinski definition) is 0. The van der Waals surface area contributed by atoms with Gasteiger partial charge in [0.1, 0.15) is 0 Å². The van der Waals surface area contributed by atoms with Gasteiger partial charge in [-0.1, -0.05) is 36.0 Å². The Kier molecular flexibility index (Phi) is 4.13. The van der Waals surface area contributed by atoms with E-state index in [0.717, 1.165) is 37.7 Å². The van der Waals surface area contributed by atoms with E-state index in [-0.39, 0.29) is 0 Å². The number of thiocarbonyl (C=S) groups is 1. The second-order valence-electron chi connectivity index (χ2n) is 4.60. The van der Waals surface area contributed by atoms with Crippen molar-refractivity contribution in [3.05, 3.63) is 34.9 Å². The summed E-state index contributed by atoms with van der Waals surface area (Å²) in [7, 11) is 0. The van der Waals surface area contributed by atoms with Crippen LogP contribution in [-0.2, 0) is 11.2 Å². The van der Waals surface area contributed by atoms with Crippen molar-refractivity contribution >= 4 is 17.2 Å². The Hall–Kier alpha value is -0.930. The molecular weight excluding hydrogens is 230 g/mol. The zero-order valence-corrected chi connectivity index (χ0v) is 11.3. The summed E-state index contributed by atoms with van der Waals surface area (Å²) in [4.78, 5) is 3.31. The number of benzene rings is 1.